The van der Waals surface area contributed by atoms with E-state index in [0.717, 1.165) is 0 Å². The molecular formula is C20H19ClN2O4S. The molecule has 1 heterocycles. The molecule has 0 aliphatic carbocycles. The lowest BCUT2D eigenvalue weighted by atomic mass is 10.2. The number of aryl methyl sites for hydroxylation is 1. The van der Waals surface area contributed by atoms with Gasteiger partial charge in [-0.3, -0.25) is 4.79 Å². The molecular weight excluding hydrogens is 400 g/mol. The number of ether oxygens (including phenoxy) is 3. The summed E-state index contributed by atoms with van der Waals surface area (Å²) in [6.45, 7) is 2.06. The Kier molecular flexibility index (Phi) is 6.38. The zero-order chi connectivity index (χ0) is 20.1. The van der Waals surface area contributed by atoms with Crippen molar-refractivity contribution in [2.75, 3.05) is 19.5 Å². The number of hydrogen-bond donors (Lipinski definition) is 1. The van der Waals surface area contributed by atoms with E-state index in [0.29, 0.717) is 43.5 Å². The summed E-state index contributed by atoms with van der Waals surface area (Å²) in [6.07, 6.45) is 0. The van der Waals surface area contributed by atoms with Crippen LogP contribution in [-0.4, -0.2) is 25.1 Å². The average molecular weight is 419 g/mol. The van der Waals surface area contributed by atoms with Gasteiger partial charge in [0.05, 0.1) is 25.6 Å². The van der Waals surface area contributed by atoms with Gasteiger partial charge in [-0.25, -0.2) is 4.98 Å². The highest BCUT2D eigenvalue weighted by Gasteiger charge is 2.18. The van der Waals surface area contributed by atoms with Gasteiger partial charge in [0.15, 0.2) is 0 Å². The number of thiazole rings is 1. The molecule has 0 aliphatic heterocycles. The lowest BCUT2D eigenvalue weighted by Gasteiger charge is -2.11. The fourth-order valence-electron chi connectivity index (χ4n) is 2.49. The molecule has 0 fully saturated rings. The largest absolute Gasteiger partial charge is 0.497 e. The molecule has 146 valence electrons. The van der Waals surface area contributed by atoms with Gasteiger partial charge in [-0.1, -0.05) is 11.6 Å². The van der Waals surface area contributed by atoms with Crippen LogP contribution in [0.25, 0.3) is 0 Å². The number of hydrogen-bond acceptors (Lipinski definition) is 6. The van der Waals surface area contributed by atoms with Gasteiger partial charge in [-0.05, 0) is 43.3 Å². The Morgan fingerprint density at radius 3 is 2.50 bits per heavy atom. The highest BCUT2D eigenvalue weighted by molar-refractivity contribution is 7.13. The van der Waals surface area contributed by atoms with Gasteiger partial charge < -0.3 is 19.5 Å². The van der Waals surface area contributed by atoms with E-state index in [1.165, 1.54) is 11.3 Å². The van der Waals surface area contributed by atoms with Crippen molar-refractivity contribution < 1.29 is 19.0 Å². The smallest absolute Gasteiger partial charge is 0.267 e. The number of rotatable bonds is 7. The van der Waals surface area contributed by atoms with Crippen molar-refractivity contribution in [2.24, 2.45) is 0 Å². The van der Waals surface area contributed by atoms with Gasteiger partial charge in [-0.2, -0.15) is 0 Å². The number of amides is 1. The highest BCUT2D eigenvalue weighted by atomic mass is 35.5. The maximum Gasteiger partial charge on any atom is 0.267 e. The molecule has 0 atom stereocenters. The second-order valence-electron chi connectivity index (χ2n) is 5.79. The molecule has 2 aromatic carbocycles. The third-order valence-electron chi connectivity index (χ3n) is 3.88. The SMILES string of the molecule is COc1ccc(OC)c(NC(=O)c2sc(COc3ccc(Cl)cc3)nc2C)c1. The fourth-order valence-corrected chi connectivity index (χ4v) is 3.49. The fraction of sp³-hybridized carbons (Fsp3) is 0.200. The Bertz CT molecular complexity index is 973. The van der Waals surface area contributed by atoms with Crippen molar-refractivity contribution in [1.29, 1.82) is 0 Å². The summed E-state index contributed by atoms with van der Waals surface area (Å²) < 4.78 is 16.2. The zero-order valence-corrected chi connectivity index (χ0v) is 17.2. The number of carbonyl (C=O) groups is 1. The predicted octanol–water partition coefficient (Wildman–Crippen LogP) is 4.95. The van der Waals surface area contributed by atoms with E-state index in [-0.39, 0.29) is 12.5 Å². The van der Waals surface area contributed by atoms with E-state index >= 15 is 0 Å². The minimum absolute atomic E-state index is 0.265. The van der Waals surface area contributed by atoms with Crippen LogP contribution in [0.1, 0.15) is 20.4 Å². The van der Waals surface area contributed by atoms with Gasteiger partial charge in [0.2, 0.25) is 0 Å². The molecule has 0 saturated heterocycles. The van der Waals surface area contributed by atoms with Crippen molar-refractivity contribution in [3.63, 3.8) is 0 Å². The maximum atomic E-state index is 12.7. The van der Waals surface area contributed by atoms with E-state index in [9.17, 15) is 4.79 Å². The number of benzene rings is 2. The van der Waals surface area contributed by atoms with Crippen molar-refractivity contribution >= 4 is 34.5 Å². The van der Waals surface area contributed by atoms with Crippen LogP contribution < -0.4 is 19.5 Å². The molecule has 8 heteroatoms. The summed E-state index contributed by atoms with van der Waals surface area (Å²) in [5, 5.41) is 4.20. The number of carbonyl (C=O) groups excluding carboxylic acids is 1. The molecule has 0 aliphatic rings. The van der Waals surface area contributed by atoms with Crippen LogP contribution in [0.4, 0.5) is 5.69 Å². The van der Waals surface area contributed by atoms with Crippen LogP contribution in [0.15, 0.2) is 42.5 Å². The topological polar surface area (TPSA) is 69.7 Å². The molecule has 0 radical (unpaired) electrons. The third-order valence-corrected chi connectivity index (χ3v) is 5.26. The zero-order valence-electron chi connectivity index (χ0n) is 15.6. The molecule has 1 aromatic heterocycles. The summed E-state index contributed by atoms with van der Waals surface area (Å²) in [6, 6.07) is 12.3. The van der Waals surface area contributed by atoms with Crippen molar-refractivity contribution in [2.45, 2.75) is 13.5 Å². The number of anilines is 1. The second-order valence-corrected chi connectivity index (χ2v) is 7.31. The van der Waals surface area contributed by atoms with E-state index in [2.05, 4.69) is 10.3 Å². The Morgan fingerprint density at radius 1 is 1.11 bits per heavy atom. The number of methoxy groups -OCH3 is 2. The third kappa shape index (κ3) is 4.74. The number of aromatic nitrogens is 1. The number of nitrogens with one attached hydrogen (secondary N) is 1. The number of nitrogens with zero attached hydrogens (tertiary/aromatic N) is 1. The Balaban J connectivity index is 1.72. The molecule has 3 rings (SSSR count). The molecule has 0 bridgehead atoms. The Hall–Kier alpha value is -2.77. The molecule has 1 N–H and O–H groups in total. The first-order valence-electron chi connectivity index (χ1n) is 8.38. The van der Waals surface area contributed by atoms with Gasteiger partial charge in [0.1, 0.15) is 33.7 Å². The second kappa shape index (κ2) is 8.95. The summed E-state index contributed by atoms with van der Waals surface area (Å²) >= 11 is 7.15. The molecule has 1 amide bonds. The van der Waals surface area contributed by atoms with Crippen molar-refractivity contribution in [3.8, 4) is 17.2 Å². The summed E-state index contributed by atoms with van der Waals surface area (Å²) in [5.74, 6) is 1.58. The summed E-state index contributed by atoms with van der Waals surface area (Å²) in [7, 11) is 3.11. The monoisotopic (exact) mass is 418 g/mol. The van der Waals surface area contributed by atoms with E-state index in [1.54, 1.807) is 63.6 Å². The molecule has 3 aromatic rings. The molecule has 0 unspecified atom stereocenters. The van der Waals surface area contributed by atoms with Gasteiger partial charge >= 0.3 is 0 Å². The van der Waals surface area contributed by atoms with E-state index < -0.39 is 0 Å². The first-order chi connectivity index (χ1) is 13.5. The quantitative estimate of drug-likeness (QED) is 0.587. The molecule has 0 saturated carbocycles. The first-order valence-corrected chi connectivity index (χ1v) is 9.57. The van der Waals surface area contributed by atoms with Crippen LogP contribution in [0, 0.1) is 6.92 Å². The van der Waals surface area contributed by atoms with Crippen molar-refractivity contribution in [1.82, 2.24) is 4.98 Å². The van der Waals surface area contributed by atoms with Crippen molar-refractivity contribution in [3.05, 3.63) is 63.1 Å². The number of halogens is 1. The van der Waals surface area contributed by atoms with Gasteiger partial charge in [0, 0.05) is 11.1 Å². The van der Waals surface area contributed by atoms with Crippen LogP contribution in [0.3, 0.4) is 0 Å². The molecule has 0 spiro atoms. The van der Waals surface area contributed by atoms with E-state index in [4.69, 9.17) is 25.8 Å². The summed E-state index contributed by atoms with van der Waals surface area (Å²) in [5.41, 5.74) is 1.16. The van der Waals surface area contributed by atoms with Crippen LogP contribution >= 0.6 is 22.9 Å². The first kappa shape index (κ1) is 20.0. The maximum absolute atomic E-state index is 12.7. The minimum atomic E-state index is -0.265. The standard InChI is InChI=1S/C20H19ClN2O4S/c1-12-19(20(24)23-16-10-15(25-2)8-9-17(16)26-3)28-18(22-12)11-27-14-6-4-13(21)5-7-14/h4-10H,11H2,1-3H3,(H,23,24). The molecule has 28 heavy (non-hydrogen) atoms. The average Bonchev–Trinajstić information content (AvgIpc) is 3.08. The lowest BCUT2D eigenvalue weighted by Crippen LogP contribution is -2.12. The Morgan fingerprint density at radius 2 is 1.82 bits per heavy atom. The Labute approximate surface area is 172 Å². The highest BCUT2D eigenvalue weighted by Crippen LogP contribution is 2.30. The summed E-state index contributed by atoms with van der Waals surface area (Å²) in [4.78, 5) is 17.7. The van der Waals surface area contributed by atoms with Crippen LogP contribution in [-0.2, 0) is 6.61 Å². The molecule has 6 nitrogen and oxygen atoms in total. The van der Waals surface area contributed by atoms with Gasteiger partial charge in [-0.15, -0.1) is 11.3 Å². The van der Waals surface area contributed by atoms with Crippen LogP contribution in [0.2, 0.25) is 5.02 Å². The minimum Gasteiger partial charge on any atom is -0.497 e. The predicted molar refractivity (Wildman–Crippen MR) is 110 cm³/mol. The van der Waals surface area contributed by atoms with Gasteiger partial charge in [0.25, 0.3) is 5.91 Å². The normalized spacial score (nSPS) is 10.4. The lowest BCUT2D eigenvalue weighted by molar-refractivity contribution is 0.102. The van der Waals surface area contributed by atoms with E-state index in [1.807, 2.05) is 0 Å². The van der Waals surface area contributed by atoms with Crippen LogP contribution in [0.5, 0.6) is 17.2 Å².